The van der Waals surface area contributed by atoms with Gasteiger partial charge in [0.25, 0.3) is 0 Å². The molecule has 3 rings (SSSR count). The SMILES string of the molecule is CCC1CCC(CN)(N2CCC(c3ccccc3)C2)C1. The van der Waals surface area contributed by atoms with Crippen molar-refractivity contribution in [2.24, 2.45) is 11.7 Å². The zero-order chi connectivity index (χ0) is 14.0. The van der Waals surface area contributed by atoms with E-state index in [0.717, 1.165) is 12.5 Å². The van der Waals surface area contributed by atoms with Crippen LogP contribution in [0, 0.1) is 5.92 Å². The normalized spacial score (nSPS) is 34.7. The molecule has 0 spiro atoms. The van der Waals surface area contributed by atoms with Crippen molar-refractivity contribution in [2.75, 3.05) is 19.6 Å². The van der Waals surface area contributed by atoms with Gasteiger partial charge in [-0.15, -0.1) is 0 Å². The van der Waals surface area contributed by atoms with Gasteiger partial charge in [-0.3, -0.25) is 4.90 Å². The highest BCUT2D eigenvalue weighted by molar-refractivity contribution is 5.21. The molecule has 110 valence electrons. The predicted molar refractivity (Wildman–Crippen MR) is 84.8 cm³/mol. The highest BCUT2D eigenvalue weighted by Crippen LogP contribution is 2.43. The Morgan fingerprint density at radius 3 is 2.70 bits per heavy atom. The summed E-state index contributed by atoms with van der Waals surface area (Å²) in [7, 11) is 0. The van der Waals surface area contributed by atoms with Gasteiger partial charge in [-0.25, -0.2) is 0 Å². The fourth-order valence-corrected chi connectivity index (χ4v) is 4.35. The summed E-state index contributed by atoms with van der Waals surface area (Å²) in [6.07, 6.45) is 6.62. The second kappa shape index (κ2) is 5.87. The van der Waals surface area contributed by atoms with Crippen LogP contribution in [-0.2, 0) is 0 Å². The van der Waals surface area contributed by atoms with Crippen molar-refractivity contribution in [3.8, 4) is 0 Å². The van der Waals surface area contributed by atoms with E-state index in [4.69, 9.17) is 5.73 Å². The van der Waals surface area contributed by atoms with Crippen molar-refractivity contribution in [2.45, 2.75) is 50.5 Å². The highest BCUT2D eigenvalue weighted by atomic mass is 15.2. The monoisotopic (exact) mass is 272 g/mol. The molecule has 1 aliphatic carbocycles. The first-order chi connectivity index (χ1) is 9.77. The Hall–Kier alpha value is -0.860. The molecule has 1 aromatic carbocycles. The Morgan fingerprint density at radius 1 is 1.25 bits per heavy atom. The molecule has 1 saturated heterocycles. The van der Waals surface area contributed by atoms with Crippen LogP contribution >= 0.6 is 0 Å². The maximum atomic E-state index is 6.21. The van der Waals surface area contributed by atoms with Crippen molar-refractivity contribution in [3.05, 3.63) is 35.9 Å². The zero-order valence-corrected chi connectivity index (χ0v) is 12.7. The number of nitrogens with zero attached hydrogens (tertiary/aromatic N) is 1. The number of hydrogen-bond acceptors (Lipinski definition) is 2. The molecule has 2 N–H and O–H groups in total. The Kier molecular flexibility index (Phi) is 4.13. The van der Waals surface area contributed by atoms with E-state index >= 15 is 0 Å². The molecule has 2 nitrogen and oxygen atoms in total. The molecular formula is C18H28N2. The van der Waals surface area contributed by atoms with Crippen molar-refractivity contribution >= 4 is 0 Å². The lowest BCUT2D eigenvalue weighted by molar-refractivity contribution is 0.123. The van der Waals surface area contributed by atoms with E-state index in [2.05, 4.69) is 42.2 Å². The number of nitrogens with two attached hydrogens (primary N) is 1. The Balaban J connectivity index is 1.70. The Morgan fingerprint density at radius 2 is 2.05 bits per heavy atom. The zero-order valence-electron chi connectivity index (χ0n) is 12.7. The van der Waals surface area contributed by atoms with Crippen molar-refractivity contribution < 1.29 is 0 Å². The number of likely N-dealkylation sites (tertiary alicyclic amines) is 1. The quantitative estimate of drug-likeness (QED) is 0.910. The van der Waals surface area contributed by atoms with Gasteiger partial charge >= 0.3 is 0 Å². The smallest absolute Gasteiger partial charge is 0.0334 e. The molecule has 0 radical (unpaired) electrons. The van der Waals surface area contributed by atoms with E-state index in [1.54, 1.807) is 0 Å². The van der Waals surface area contributed by atoms with Crippen LogP contribution in [-0.4, -0.2) is 30.1 Å². The molecule has 1 aromatic rings. The summed E-state index contributed by atoms with van der Waals surface area (Å²) in [5.74, 6) is 1.61. The first kappa shape index (κ1) is 14.1. The predicted octanol–water partition coefficient (Wildman–Crippen LogP) is 3.38. The third-order valence-electron chi connectivity index (χ3n) is 5.77. The van der Waals surface area contributed by atoms with Gasteiger partial charge in [-0.2, -0.15) is 0 Å². The van der Waals surface area contributed by atoms with Crippen LogP contribution < -0.4 is 5.73 Å². The van der Waals surface area contributed by atoms with E-state index in [9.17, 15) is 0 Å². The summed E-state index contributed by atoms with van der Waals surface area (Å²) in [5.41, 5.74) is 8.02. The molecule has 2 aliphatic rings. The lowest BCUT2D eigenvalue weighted by atomic mass is 9.92. The van der Waals surface area contributed by atoms with Gasteiger partial charge in [0.2, 0.25) is 0 Å². The van der Waals surface area contributed by atoms with Crippen molar-refractivity contribution in [3.63, 3.8) is 0 Å². The van der Waals surface area contributed by atoms with Crippen LogP contribution in [0.2, 0.25) is 0 Å². The van der Waals surface area contributed by atoms with Gasteiger partial charge in [-0.05, 0) is 49.6 Å². The largest absolute Gasteiger partial charge is 0.329 e. The number of hydrogen-bond donors (Lipinski definition) is 1. The molecule has 2 heteroatoms. The lowest BCUT2D eigenvalue weighted by Gasteiger charge is -2.38. The fraction of sp³-hybridized carbons (Fsp3) is 0.667. The Bertz CT molecular complexity index is 430. The fourth-order valence-electron chi connectivity index (χ4n) is 4.35. The van der Waals surface area contributed by atoms with E-state index in [-0.39, 0.29) is 0 Å². The van der Waals surface area contributed by atoms with E-state index in [1.165, 1.54) is 50.8 Å². The molecule has 0 amide bonds. The minimum atomic E-state index is 0.310. The van der Waals surface area contributed by atoms with Crippen LogP contribution in [0.5, 0.6) is 0 Å². The molecule has 20 heavy (non-hydrogen) atoms. The summed E-state index contributed by atoms with van der Waals surface area (Å²) in [6.45, 7) is 5.60. The average Bonchev–Trinajstić information content (AvgIpc) is 3.16. The second-order valence-electron chi connectivity index (χ2n) is 6.79. The maximum Gasteiger partial charge on any atom is 0.0334 e. The second-order valence-corrected chi connectivity index (χ2v) is 6.79. The molecule has 3 unspecified atom stereocenters. The number of rotatable bonds is 4. The van der Waals surface area contributed by atoms with Gasteiger partial charge < -0.3 is 5.73 Å². The first-order valence-corrected chi connectivity index (χ1v) is 8.27. The standard InChI is InChI=1S/C18H28N2/c1-2-15-8-10-18(12-15,14-19)20-11-9-17(13-20)16-6-4-3-5-7-16/h3-7,15,17H,2,8-14,19H2,1H3. The molecule has 1 aliphatic heterocycles. The summed E-state index contributed by atoms with van der Waals surface area (Å²) in [6, 6.07) is 11.0. The summed E-state index contributed by atoms with van der Waals surface area (Å²) < 4.78 is 0. The third kappa shape index (κ3) is 2.51. The molecule has 0 bridgehead atoms. The minimum Gasteiger partial charge on any atom is -0.329 e. The minimum absolute atomic E-state index is 0.310. The molecule has 3 atom stereocenters. The molecular weight excluding hydrogens is 244 g/mol. The topological polar surface area (TPSA) is 29.3 Å². The molecule has 1 heterocycles. The molecule has 1 saturated carbocycles. The third-order valence-corrected chi connectivity index (χ3v) is 5.77. The molecule has 2 fully saturated rings. The van der Waals surface area contributed by atoms with Gasteiger partial charge in [-0.1, -0.05) is 43.7 Å². The van der Waals surface area contributed by atoms with Gasteiger partial charge in [0.15, 0.2) is 0 Å². The van der Waals surface area contributed by atoms with Crippen LogP contribution in [0.25, 0.3) is 0 Å². The highest BCUT2D eigenvalue weighted by Gasteiger charge is 2.44. The van der Waals surface area contributed by atoms with E-state index < -0.39 is 0 Å². The van der Waals surface area contributed by atoms with Crippen LogP contribution in [0.1, 0.15) is 50.5 Å². The van der Waals surface area contributed by atoms with Gasteiger partial charge in [0.05, 0.1) is 0 Å². The van der Waals surface area contributed by atoms with Crippen LogP contribution in [0.3, 0.4) is 0 Å². The van der Waals surface area contributed by atoms with Crippen molar-refractivity contribution in [1.29, 1.82) is 0 Å². The average molecular weight is 272 g/mol. The summed E-state index contributed by atoms with van der Waals surface area (Å²) in [5, 5.41) is 0. The van der Waals surface area contributed by atoms with Crippen molar-refractivity contribution in [1.82, 2.24) is 4.90 Å². The first-order valence-electron chi connectivity index (χ1n) is 8.27. The van der Waals surface area contributed by atoms with Crippen LogP contribution in [0.15, 0.2) is 30.3 Å². The lowest BCUT2D eigenvalue weighted by Crippen LogP contribution is -2.51. The molecule has 0 aromatic heterocycles. The summed E-state index contributed by atoms with van der Waals surface area (Å²) in [4.78, 5) is 2.72. The van der Waals surface area contributed by atoms with Gasteiger partial charge in [0, 0.05) is 18.6 Å². The van der Waals surface area contributed by atoms with Gasteiger partial charge in [0.1, 0.15) is 0 Å². The van der Waals surface area contributed by atoms with E-state index in [1.807, 2.05) is 0 Å². The number of benzene rings is 1. The van der Waals surface area contributed by atoms with E-state index in [0.29, 0.717) is 11.5 Å². The summed E-state index contributed by atoms with van der Waals surface area (Å²) >= 11 is 0. The maximum absolute atomic E-state index is 6.21. The Labute approximate surface area is 123 Å². The van der Waals surface area contributed by atoms with Crippen LogP contribution in [0.4, 0.5) is 0 Å².